The monoisotopic (exact) mass is 314 g/mol. The number of carbonyl (C=O) groups is 2. The van der Waals surface area contributed by atoms with Crippen LogP contribution in [-0.2, 0) is 9.59 Å². The van der Waals surface area contributed by atoms with E-state index in [2.05, 4.69) is 10.3 Å². The van der Waals surface area contributed by atoms with Crippen molar-refractivity contribution in [1.82, 2.24) is 4.98 Å². The summed E-state index contributed by atoms with van der Waals surface area (Å²) in [5, 5.41) is 3.49. The van der Waals surface area contributed by atoms with Crippen LogP contribution in [-0.4, -0.2) is 16.7 Å². The SMILES string of the molecule is CC1(C)C(=O)[C@@]2(C(=O)Nc3nc4ccccc4s3)CC[C@@H]1C2. The molecule has 2 aromatic rings. The van der Waals surface area contributed by atoms with Crippen LogP contribution in [0.2, 0.25) is 0 Å². The van der Waals surface area contributed by atoms with Gasteiger partial charge in [0.05, 0.1) is 10.2 Å². The molecule has 1 amide bonds. The van der Waals surface area contributed by atoms with Gasteiger partial charge in [-0.15, -0.1) is 0 Å². The van der Waals surface area contributed by atoms with Gasteiger partial charge in [-0.1, -0.05) is 37.3 Å². The molecule has 4 nitrogen and oxygen atoms in total. The second kappa shape index (κ2) is 4.38. The number of amides is 1. The summed E-state index contributed by atoms with van der Waals surface area (Å²) in [4.78, 5) is 30.0. The fourth-order valence-corrected chi connectivity index (χ4v) is 4.98. The van der Waals surface area contributed by atoms with Crippen molar-refractivity contribution in [2.24, 2.45) is 16.7 Å². The van der Waals surface area contributed by atoms with Gasteiger partial charge in [-0.05, 0) is 37.3 Å². The number of Topliss-reactive ketones (excluding diaryl/α,β-unsaturated/α-hetero) is 1. The van der Waals surface area contributed by atoms with Gasteiger partial charge in [-0.2, -0.15) is 0 Å². The zero-order chi connectivity index (χ0) is 15.5. The molecule has 2 saturated carbocycles. The van der Waals surface area contributed by atoms with E-state index in [1.54, 1.807) is 0 Å². The van der Waals surface area contributed by atoms with Crippen LogP contribution in [0.1, 0.15) is 33.1 Å². The van der Waals surface area contributed by atoms with Crippen LogP contribution in [0.4, 0.5) is 5.13 Å². The molecule has 0 radical (unpaired) electrons. The van der Waals surface area contributed by atoms with E-state index in [-0.39, 0.29) is 17.1 Å². The number of rotatable bonds is 2. The minimum Gasteiger partial charge on any atom is -0.301 e. The topological polar surface area (TPSA) is 59.1 Å². The number of hydrogen-bond acceptors (Lipinski definition) is 4. The molecular formula is C17H18N2O2S. The lowest BCUT2D eigenvalue weighted by atomic mass is 9.70. The molecule has 114 valence electrons. The molecule has 2 atom stereocenters. The van der Waals surface area contributed by atoms with Crippen molar-refractivity contribution in [3.63, 3.8) is 0 Å². The summed E-state index contributed by atoms with van der Waals surface area (Å²) in [5.41, 5.74) is -0.322. The van der Waals surface area contributed by atoms with E-state index < -0.39 is 5.41 Å². The minimum absolute atomic E-state index is 0.106. The van der Waals surface area contributed by atoms with E-state index in [0.29, 0.717) is 23.9 Å². The van der Waals surface area contributed by atoms with Crippen LogP contribution in [0.15, 0.2) is 24.3 Å². The number of thiazole rings is 1. The Hall–Kier alpha value is -1.75. The lowest BCUT2D eigenvalue weighted by molar-refractivity contribution is -0.142. The number of nitrogens with one attached hydrogen (secondary N) is 1. The van der Waals surface area contributed by atoms with Crippen molar-refractivity contribution in [3.8, 4) is 0 Å². The van der Waals surface area contributed by atoms with E-state index in [1.165, 1.54) is 11.3 Å². The predicted molar refractivity (Wildman–Crippen MR) is 86.8 cm³/mol. The summed E-state index contributed by atoms with van der Waals surface area (Å²) in [6, 6.07) is 7.79. The van der Waals surface area contributed by atoms with E-state index in [9.17, 15) is 9.59 Å². The van der Waals surface area contributed by atoms with E-state index in [1.807, 2.05) is 38.1 Å². The highest BCUT2D eigenvalue weighted by molar-refractivity contribution is 7.22. The largest absolute Gasteiger partial charge is 0.301 e. The molecule has 2 bridgehead atoms. The van der Waals surface area contributed by atoms with Gasteiger partial charge in [-0.25, -0.2) is 4.98 Å². The molecule has 4 rings (SSSR count). The third-order valence-corrected chi connectivity index (χ3v) is 6.46. The Morgan fingerprint density at radius 3 is 2.82 bits per heavy atom. The van der Waals surface area contributed by atoms with Gasteiger partial charge in [0.15, 0.2) is 10.9 Å². The number of aromatic nitrogens is 1. The van der Waals surface area contributed by atoms with Crippen LogP contribution in [0.3, 0.4) is 0 Å². The number of anilines is 1. The molecule has 0 unspecified atom stereocenters. The maximum absolute atomic E-state index is 12.8. The van der Waals surface area contributed by atoms with E-state index in [4.69, 9.17) is 0 Å². The maximum Gasteiger partial charge on any atom is 0.239 e. The van der Waals surface area contributed by atoms with Gasteiger partial charge in [-0.3, -0.25) is 9.59 Å². The Morgan fingerprint density at radius 1 is 1.36 bits per heavy atom. The summed E-state index contributed by atoms with van der Waals surface area (Å²) in [5.74, 6) is 0.278. The smallest absolute Gasteiger partial charge is 0.239 e. The summed E-state index contributed by atoms with van der Waals surface area (Å²) in [6.07, 6.45) is 2.33. The number of ketones is 1. The highest BCUT2D eigenvalue weighted by atomic mass is 32.1. The molecule has 0 aliphatic heterocycles. The zero-order valence-electron chi connectivity index (χ0n) is 12.7. The lowest BCUT2D eigenvalue weighted by Crippen LogP contribution is -2.44. The summed E-state index contributed by atoms with van der Waals surface area (Å²) in [7, 11) is 0. The molecule has 1 aromatic heterocycles. The second-order valence-electron chi connectivity index (χ2n) is 7.01. The van der Waals surface area contributed by atoms with Gasteiger partial charge in [0, 0.05) is 5.41 Å². The molecule has 2 aliphatic rings. The standard InChI is InChI=1S/C17H18N2O2S/c1-16(2)10-7-8-17(9-10,13(16)20)14(21)19-15-18-11-5-3-4-6-12(11)22-15/h3-6,10H,7-9H2,1-2H3,(H,18,19,21)/t10-,17-/m1/s1. The van der Waals surface area contributed by atoms with Crippen molar-refractivity contribution in [2.75, 3.05) is 5.32 Å². The molecule has 22 heavy (non-hydrogen) atoms. The first-order valence-electron chi connectivity index (χ1n) is 7.65. The first kappa shape index (κ1) is 13.9. The summed E-state index contributed by atoms with van der Waals surface area (Å²) in [6.45, 7) is 3.96. The average molecular weight is 314 g/mol. The Bertz CT molecular complexity index is 762. The normalized spacial score (nSPS) is 29.2. The Kier molecular flexibility index (Phi) is 2.77. The van der Waals surface area contributed by atoms with Crippen LogP contribution >= 0.6 is 11.3 Å². The Morgan fingerprint density at radius 2 is 2.14 bits per heavy atom. The average Bonchev–Trinajstić information content (AvgIpc) is 3.14. The summed E-state index contributed by atoms with van der Waals surface area (Å²) < 4.78 is 1.04. The van der Waals surface area contributed by atoms with Crippen molar-refractivity contribution in [2.45, 2.75) is 33.1 Å². The predicted octanol–water partition coefficient (Wildman–Crippen LogP) is 3.63. The minimum atomic E-state index is -0.827. The molecule has 2 fully saturated rings. The highest BCUT2D eigenvalue weighted by Gasteiger charge is 2.65. The first-order chi connectivity index (χ1) is 10.4. The Balaban J connectivity index is 1.64. The fourth-order valence-electron chi connectivity index (χ4n) is 4.12. The fraction of sp³-hybridized carbons (Fsp3) is 0.471. The molecule has 1 heterocycles. The highest BCUT2D eigenvalue weighted by Crippen LogP contribution is 2.60. The van der Waals surface area contributed by atoms with Crippen LogP contribution < -0.4 is 5.32 Å². The van der Waals surface area contributed by atoms with Gasteiger partial charge in [0.1, 0.15) is 5.41 Å². The number of benzene rings is 1. The lowest BCUT2D eigenvalue weighted by Gasteiger charge is -2.32. The van der Waals surface area contributed by atoms with Crippen molar-refractivity contribution in [1.29, 1.82) is 0 Å². The zero-order valence-corrected chi connectivity index (χ0v) is 13.5. The van der Waals surface area contributed by atoms with Crippen LogP contribution in [0.25, 0.3) is 10.2 Å². The van der Waals surface area contributed by atoms with Gasteiger partial charge < -0.3 is 5.32 Å². The van der Waals surface area contributed by atoms with Gasteiger partial charge in [0.2, 0.25) is 5.91 Å². The number of carbonyl (C=O) groups excluding carboxylic acids is 2. The second-order valence-corrected chi connectivity index (χ2v) is 8.04. The molecule has 1 N–H and O–H groups in total. The third-order valence-electron chi connectivity index (χ3n) is 5.50. The quantitative estimate of drug-likeness (QED) is 0.861. The van der Waals surface area contributed by atoms with Crippen LogP contribution in [0.5, 0.6) is 0 Å². The van der Waals surface area contributed by atoms with Crippen LogP contribution in [0, 0.1) is 16.7 Å². The molecule has 0 saturated heterocycles. The third kappa shape index (κ3) is 1.72. The van der Waals surface area contributed by atoms with E-state index in [0.717, 1.165) is 16.6 Å². The molecule has 0 spiro atoms. The molecule has 5 heteroatoms. The molecular weight excluding hydrogens is 296 g/mol. The van der Waals surface area contributed by atoms with E-state index >= 15 is 0 Å². The van der Waals surface area contributed by atoms with Crippen molar-refractivity contribution in [3.05, 3.63) is 24.3 Å². The molecule has 2 aliphatic carbocycles. The number of hydrogen-bond donors (Lipinski definition) is 1. The molecule has 1 aromatic carbocycles. The maximum atomic E-state index is 12.8. The number of fused-ring (bicyclic) bond motifs is 3. The first-order valence-corrected chi connectivity index (χ1v) is 8.47. The summed E-state index contributed by atoms with van der Waals surface area (Å²) >= 11 is 1.45. The number of nitrogens with zero attached hydrogens (tertiary/aromatic N) is 1. The van der Waals surface area contributed by atoms with Gasteiger partial charge >= 0.3 is 0 Å². The van der Waals surface area contributed by atoms with Gasteiger partial charge in [0.25, 0.3) is 0 Å². The van der Waals surface area contributed by atoms with Crippen molar-refractivity contribution >= 4 is 38.4 Å². The number of para-hydroxylation sites is 1. The Labute approximate surface area is 132 Å². The van der Waals surface area contributed by atoms with Crippen molar-refractivity contribution < 1.29 is 9.59 Å².